The Morgan fingerprint density at radius 2 is 2.00 bits per heavy atom. The van der Waals surface area contributed by atoms with Gasteiger partial charge in [0.2, 0.25) is 0 Å². The van der Waals surface area contributed by atoms with Crippen LogP contribution < -0.4 is 0 Å². The van der Waals surface area contributed by atoms with Crippen LogP contribution in [-0.4, -0.2) is 30.0 Å². The highest BCUT2D eigenvalue weighted by atomic mass is 35.5. The van der Waals surface area contributed by atoms with E-state index < -0.39 is 0 Å². The van der Waals surface area contributed by atoms with Gasteiger partial charge >= 0.3 is 0 Å². The molecule has 0 radical (unpaired) electrons. The Kier molecular flexibility index (Phi) is 2.87. The number of hydrogen-bond acceptors (Lipinski definition) is 2. The van der Waals surface area contributed by atoms with Gasteiger partial charge in [0.15, 0.2) is 0 Å². The highest BCUT2D eigenvalue weighted by molar-refractivity contribution is 6.29. The van der Waals surface area contributed by atoms with Gasteiger partial charge in [0, 0.05) is 18.2 Å². The highest BCUT2D eigenvalue weighted by Gasteiger charge is 2.48. The fourth-order valence-corrected chi connectivity index (χ4v) is 4.17. The molecule has 2 fully saturated rings. The van der Waals surface area contributed by atoms with Crippen molar-refractivity contribution in [1.82, 2.24) is 9.88 Å². The van der Waals surface area contributed by atoms with Gasteiger partial charge in [0.05, 0.1) is 0 Å². The minimum atomic E-state index is 0.596. The molecule has 2 aliphatic carbocycles. The molecule has 3 heteroatoms. The molecule has 17 heavy (non-hydrogen) atoms. The molecule has 3 rings (SSSR count). The van der Waals surface area contributed by atoms with Crippen molar-refractivity contribution in [2.75, 3.05) is 14.1 Å². The molecule has 0 aliphatic heterocycles. The van der Waals surface area contributed by atoms with Gasteiger partial charge in [-0.3, -0.25) is 0 Å². The maximum Gasteiger partial charge on any atom is 0.129 e. The number of likely N-dealkylation sites (N-methyl/N-ethyl adjacent to an activating group) is 1. The molecule has 2 saturated carbocycles. The van der Waals surface area contributed by atoms with E-state index in [1.165, 1.54) is 24.8 Å². The summed E-state index contributed by atoms with van der Waals surface area (Å²) >= 11 is 5.87. The Bertz CT molecular complexity index is 401. The van der Waals surface area contributed by atoms with Crippen molar-refractivity contribution in [2.45, 2.75) is 31.2 Å². The second kappa shape index (κ2) is 4.25. The third-order valence-electron chi connectivity index (χ3n) is 4.60. The molecule has 2 aliphatic rings. The van der Waals surface area contributed by atoms with Gasteiger partial charge in [-0.2, -0.15) is 0 Å². The molecule has 0 saturated heterocycles. The molecule has 0 aromatic carbocycles. The topological polar surface area (TPSA) is 16.1 Å². The first-order valence-electron chi connectivity index (χ1n) is 6.44. The van der Waals surface area contributed by atoms with E-state index in [4.69, 9.17) is 11.6 Å². The normalized spacial score (nSPS) is 35.8. The molecule has 2 nitrogen and oxygen atoms in total. The van der Waals surface area contributed by atoms with Crippen LogP contribution in [-0.2, 0) is 0 Å². The Balaban J connectivity index is 1.93. The van der Waals surface area contributed by atoms with Crippen LogP contribution in [0.3, 0.4) is 0 Å². The third kappa shape index (κ3) is 1.88. The molecule has 4 atom stereocenters. The monoisotopic (exact) mass is 250 g/mol. The molecule has 0 amide bonds. The fourth-order valence-electron chi connectivity index (χ4n) is 4.06. The molecule has 1 aromatic rings. The predicted molar refractivity (Wildman–Crippen MR) is 70.3 cm³/mol. The average Bonchev–Trinajstić information content (AvgIpc) is 2.89. The van der Waals surface area contributed by atoms with E-state index in [0.29, 0.717) is 17.1 Å². The molecule has 1 heterocycles. The van der Waals surface area contributed by atoms with Crippen LogP contribution in [0.4, 0.5) is 0 Å². The van der Waals surface area contributed by atoms with Crippen molar-refractivity contribution in [1.29, 1.82) is 0 Å². The number of hydrogen-bond donors (Lipinski definition) is 0. The predicted octanol–water partition coefficient (Wildman–Crippen LogP) is 3.18. The van der Waals surface area contributed by atoms with Gasteiger partial charge in [0.1, 0.15) is 5.15 Å². The number of halogens is 1. The van der Waals surface area contributed by atoms with Crippen LogP contribution in [0.5, 0.6) is 0 Å². The van der Waals surface area contributed by atoms with Crippen LogP contribution >= 0.6 is 11.6 Å². The second-order valence-corrected chi connectivity index (χ2v) is 6.11. The van der Waals surface area contributed by atoms with Crippen molar-refractivity contribution >= 4 is 11.6 Å². The Morgan fingerprint density at radius 1 is 1.24 bits per heavy atom. The summed E-state index contributed by atoms with van der Waals surface area (Å²) in [5.41, 5.74) is 1.38. The zero-order chi connectivity index (χ0) is 12.0. The van der Waals surface area contributed by atoms with Gasteiger partial charge in [-0.15, -0.1) is 0 Å². The largest absolute Gasteiger partial charge is 0.306 e. The van der Waals surface area contributed by atoms with Crippen LogP contribution in [0.1, 0.15) is 30.7 Å². The van der Waals surface area contributed by atoms with E-state index in [1.54, 1.807) is 0 Å². The molecule has 2 bridgehead atoms. The zero-order valence-electron chi connectivity index (χ0n) is 10.4. The van der Waals surface area contributed by atoms with E-state index in [1.807, 2.05) is 12.3 Å². The summed E-state index contributed by atoms with van der Waals surface area (Å²) < 4.78 is 0. The number of fused-ring (bicyclic) bond motifs is 2. The smallest absolute Gasteiger partial charge is 0.129 e. The molecule has 1 aromatic heterocycles. The zero-order valence-corrected chi connectivity index (χ0v) is 11.2. The first-order chi connectivity index (χ1) is 8.16. The standard InChI is InChI=1S/C14H19ClN2/c1-17(2)14-10-4-3-9(7-10)13(14)11-5-6-12(15)16-8-11/h5-6,8-10,13-14H,3-4,7H2,1-2H3/t9-,10+,13+,14-/m1/s1. The Morgan fingerprint density at radius 3 is 2.65 bits per heavy atom. The fraction of sp³-hybridized carbons (Fsp3) is 0.643. The summed E-state index contributed by atoms with van der Waals surface area (Å²) in [5.74, 6) is 2.40. The summed E-state index contributed by atoms with van der Waals surface area (Å²) in [6.45, 7) is 0. The van der Waals surface area contributed by atoms with Crippen LogP contribution in [0.25, 0.3) is 0 Å². The average molecular weight is 251 g/mol. The van der Waals surface area contributed by atoms with E-state index in [-0.39, 0.29) is 0 Å². The second-order valence-electron chi connectivity index (χ2n) is 5.73. The lowest BCUT2D eigenvalue weighted by Crippen LogP contribution is -2.38. The first-order valence-corrected chi connectivity index (χ1v) is 6.82. The molecule has 0 N–H and O–H groups in total. The van der Waals surface area contributed by atoms with Crippen molar-refractivity contribution in [2.24, 2.45) is 11.8 Å². The molecule has 92 valence electrons. The van der Waals surface area contributed by atoms with Crippen molar-refractivity contribution < 1.29 is 0 Å². The third-order valence-corrected chi connectivity index (χ3v) is 4.83. The number of aromatic nitrogens is 1. The number of rotatable bonds is 2. The van der Waals surface area contributed by atoms with Crippen LogP contribution in [0.15, 0.2) is 18.3 Å². The van der Waals surface area contributed by atoms with Crippen molar-refractivity contribution in [3.8, 4) is 0 Å². The summed E-state index contributed by atoms with van der Waals surface area (Å²) in [4.78, 5) is 6.65. The summed E-state index contributed by atoms with van der Waals surface area (Å²) in [6.07, 6.45) is 6.17. The number of pyridine rings is 1. The van der Waals surface area contributed by atoms with E-state index in [9.17, 15) is 0 Å². The first kappa shape index (κ1) is 11.5. The maximum atomic E-state index is 5.87. The lowest BCUT2D eigenvalue weighted by atomic mass is 9.80. The highest BCUT2D eigenvalue weighted by Crippen LogP contribution is 2.54. The van der Waals surface area contributed by atoms with Gasteiger partial charge in [-0.1, -0.05) is 17.7 Å². The maximum absolute atomic E-state index is 5.87. The SMILES string of the molecule is CN(C)[C@@H]1[C@H]2CC[C@H](C2)[C@H]1c1ccc(Cl)nc1. The Labute approximate surface area is 108 Å². The Hall–Kier alpha value is -0.600. The summed E-state index contributed by atoms with van der Waals surface area (Å²) in [5, 5.41) is 0.596. The molecule has 0 spiro atoms. The van der Waals surface area contributed by atoms with Gasteiger partial charge in [-0.05, 0) is 56.8 Å². The van der Waals surface area contributed by atoms with E-state index >= 15 is 0 Å². The van der Waals surface area contributed by atoms with Crippen molar-refractivity contribution in [3.05, 3.63) is 29.0 Å². The van der Waals surface area contributed by atoms with Gasteiger partial charge in [0.25, 0.3) is 0 Å². The minimum absolute atomic E-state index is 0.596. The molecule has 0 unspecified atom stereocenters. The van der Waals surface area contributed by atoms with Crippen molar-refractivity contribution in [3.63, 3.8) is 0 Å². The van der Waals surface area contributed by atoms with Gasteiger partial charge in [-0.25, -0.2) is 4.98 Å². The molecular weight excluding hydrogens is 232 g/mol. The van der Waals surface area contributed by atoms with Crippen LogP contribution in [0.2, 0.25) is 5.15 Å². The molecular formula is C14H19ClN2. The van der Waals surface area contributed by atoms with E-state index in [0.717, 1.165) is 11.8 Å². The van der Waals surface area contributed by atoms with E-state index in [2.05, 4.69) is 30.0 Å². The quantitative estimate of drug-likeness (QED) is 0.750. The summed E-state index contributed by atoms with van der Waals surface area (Å²) in [6, 6.07) is 4.78. The minimum Gasteiger partial charge on any atom is -0.306 e. The van der Waals surface area contributed by atoms with Gasteiger partial charge < -0.3 is 4.90 Å². The number of nitrogens with zero attached hydrogens (tertiary/aromatic N) is 2. The lowest BCUT2D eigenvalue weighted by Gasteiger charge is -2.36. The lowest BCUT2D eigenvalue weighted by molar-refractivity contribution is 0.185. The summed E-state index contributed by atoms with van der Waals surface area (Å²) in [7, 11) is 4.42. The van der Waals surface area contributed by atoms with Crippen LogP contribution in [0, 0.1) is 11.8 Å².